The Bertz CT molecular complexity index is 3060. The van der Waals surface area contributed by atoms with Gasteiger partial charge in [0.2, 0.25) is 0 Å². The first-order valence-corrected chi connectivity index (χ1v) is 21.3. The molecule has 5 aliphatic carbocycles. The van der Waals surface area contributed by atoms with Crippen molar-refractivity contribution in [1.82, 2.24) is 0 Å². The van der Waals surface area contributed by atoms with E-state index in [-0.39, 0.29) is 5.41 Å². The summed E-state index contributed by atoms with van der Waals surface area (Å²) >= 11 is 0. The molecule has 9 aromatic rings. The van der Waals surface area contributed by atoms with E-state index in [1.165, 1.54) is 87.6 Å². The van der Waals surface area contributed by atoms with Crippen molar-refractivity contribution in [2.45, 2.75) is 37.5 Å². The van der Waals surface area contributed by atoms with Gasteiger partial charge in [-0.1, -0.05) is 133 Å². The Morgan fingerprint density at radius 2 is 1.03 bits per heavy atom. The van der Waals surface area contributed by atoms with Gasteiger partial charge in [-0.3, -0.25) is 0 Å². The lowest BCUT2D eigenvalue weighted by Crippen LogP contribution is -2.55. The standard InChI is InChI=1S/C56H43NO/c1-2-14-44-37(11-1)12-9-20-52(44)57(42-27-28-51-49(34-42)46-16-5-7-19-50(46)56(51)39-30-35-29-36(32-39)33-40(56)31-35)41-25-23-38(24-26-41)43-13-3-4-15-45(43)47-18-10-22-54-55(47)48-17-6-8-21-53(48)58-54/h1-28,34-36,39-40H,29-33H2. The molecule has 1 spiro atoms. The van der Waals surface area contributed by atoms with Crippen LogP contribution in [0.15, 0.2) is 180 Å². The first-order valence-electron chi connectivity index (χ1n) is 21.3. The third kappa shape index (κ3) is 4.55. The molecule has 0 saturated heterocycles. The van der Waals surface area contributed by atoms with Crippen LogP contribution in [0.3, 0.4) is 0 Å². The zero-order chi connectivity index (χ0) is 38.0. The van der Waals surface area contributed by atoms with Crippen molar-refractivity contribution in [2.75, 3.05) is 4.90 Å². The van der Waals surface area contributed by atoms with E-state index in [9.17, 15) is 0 Å². The molecule has 0 amide bonds. The number of fused-ring (bicyclic) bond motifs is 7. The highest BCUT2D eigenvalue weighted by Crippen LogP contribution is 2.69. The number of hydrogen-bond acceptors (Lipinski definition) is 2. The van der Waals surface area contributed by atoms with Gasteiger partial charge in [-0.25, -0.2) is 0 Å². The number of furan rings is 1. The molecule has 4 saturated carbocycles. The number of nitrogens with zero attached hydrogens (tertiary/aromatic N) is 1. The van der Waals surface area contributed by atoms with E-state index >= 15 is 0 Å². The van der Waals surface area contributed by atoms with Gasteiger partial charge >= 0.3 is 0 Å². The summed E-state index contributed by atoms with van der Waals surface area (Å²) in [5, 5.41) is 4.81. The minimum atomic E-state index is 0.157. The van der Waals surface area contributed by atoms with Crippen LogP contribution in [0.25, 0.3) is 66.1 Å². The SMILES string of the molecule is c1ccc(-c2cccc3oc4ccccc4c23)c(-c2ccc(N(c3ccc4c(c3)-c3ccccc3C43C4CC5CC(C4)CC3C5)c3cccc4ccccc34)cc2)c1. The van der Waals surface area contributed by atoms with Crippen LogP contribution in [0.2, 0.25) is 0 Å². The predicted molar refractivity (Wildman–Crippen MR) is 240 cm³/mol. The number of anilines is 3. The Morgan fingerprint density at radius 1 is 0.431 bits per heavy atom. The van der Waals surface area contributed by atoms with Crippen LogP contribution >= 0.6 is 0 Å². The first kappa shape index (κ1) is 32.7. The van der Waals surface area contributed by atoms with Crippen LogP contribution in [0, 0.1) is 23.7 Å². The smallest absolute Gasteiger partial charge is 0.136 e. The maximum absolute atomic E-state index is 6.32. The fourth-order valence-corrected chi connectivity index (χ4v) is 12.9. The molecule has 2 heteroatoms. The number of para-hydroxylation sites is 1. The average Bonchev–Trinajstić information content (AvgIpc) is 3.80. The number of hydrogen-bond donors (Lipinski definition) is 0. The van der Waals surface area contributed by atoms with E-state index in [1.54, 1.807) is 11.1 Å². The van der Waals surface area contributed by atoms with Crippen LogP contribution in [-0.4, -0.2) is 0 Å². The summed E-state index contributed by atoms with van der Waals surface area (Å²) in [6.45, 7) is 0. The van der Waals surface area contributed by atoms with Gasteiger partial charge < -0.3 is 9.32 Å². The van der Waals surface area contributed by atoms with Crippen LogP contribution in [0.4, 0.5) is 17.1 Å². The van der Waals surface area contributed by atoms with Gasteiger partial charge in [0.15, 0.2) is 0 Å². The van der Waals surface area contributed by atoms with Gasteiger partial charge in [-0.15, -0.1) is 0 Å². The highest BCUT2D eigenvalue weighted by molar-refractivity contribution is 6.13. The van der Waals surface area contributed by atoms with E-state index in [1.807, 2.05) is 6.07 Å². The molecule has 1 heterocycles. The second kappa shape index (κ2) is 12.3. The molecule has 0 atom stereocenters. The zero-order valence-corrected chi connectivity index (χ0v) is 32.4. The first-order chi connectivity index (χ1) is 28.7. The molecule has 0 radical (unpaired) electrons. The molecule has 14 rings (SSSR count). The molecule has 1 aromatic heterocycles. The Hall–Kier alpha value is -6.38. The molecule has 278 valence electrons. The second-order valence-electron chi connectivity index (χ2n) is 17.7. The second-order valence-corrected chi connectivity index (χ2v) is 17.7. The van der Waals surface area contributed by atoms with Crippen LogP contribution in [0.5, 0.6) is 0 Å². The molecule has 0 N–H and O–H groups in total. The summed E-state index contributed by atoms with van der Waals surface area (Å²) in [5.74, 6) is 3.36. The summed E-state index contributed by atoms with van der Waals surface area (Å²) in [4.78, 5) is 2.50. The predicted octanol–water partition coefficient (Wildman–Crippen LogP) is 15.3. The minimum Gasteiger partial charge on any atom is -0.456 e. The molecule has 58 heavy (non-hydrogen) atoms. The van der Waals surface area contributed by atoms with Gasteiger partial charge in [0.05, 0.1) is 5.69 Å². The van der Waals surface area contributed by atoms with Gasteiger partial charge in [-0.2, -0.15) is 0 Å². The van der Waals surface area contributed by atoms with Gasteiger partial charge in [-0.05, 0) is 148 Å². The Labute approximate surface area is 339 Å². The zero-order valence-electron chi connectivity index (χ0n) is 32.4. The average molecular weight is 746 g/mol. The lowest BCUT2D eigenvalue weighted by atomic mass is 9.43. The summed E-state index contributed by atoms with van der Waals surface area (Å²) < 4.78 is 6.32. The highest BCUT2D eigenvalue weighted by atomic mass is 16.3. The van der Waals surface area contributed by atoms with Crippen LogP contribution in [-0.2, 0) is 5.41 Å². The number of rotatable bonds is 5. The number of benzene rings is 8. The van der Waals surface area contributed by atoms with E-state index < -0.39 is 0 Å². The lowest BCUT2D eigenvalue weighted by molar-refractivity contribution is -0.0399. The van der Waals surface area contributed by atoms with Crippen molar-refractivity contribution >= 4 is 49.8 Å². The minimum absolute atomic E-state index is 0.157. The van der Waals surface area contributed by atoms with Crippen LogP contribution in [0.1, 0.15) is 43.2 Å². The summed E-state index contributed by atoms with van der Waals surface area (Å²) in [6, 6.07) is 65.4. The highest BCUT2D eigenvalue weighted by Gasteiger charge is 2.61. The van der Waals surface area contributed by atoms with Gasteiger partial charge in [0.25, 0.3) is 0 Å². The molecular weight excluding hydrogens is 703 g/mol. The van der Waals surface area contributed by atoms with E-state index in [4.69, 9.17) is 4.42 Å². The van der Waals surface area contributed by atoms with Crippen molar-refractivity contribution in [3.63, 3.8) is 0 Å². The third-order valence-electron chi connectivity index (χ3n) is 14.9. The van der Waals surface area contributed by atoms with Crippen molar-refractivity contribution in [1.29, 1.82) is 0 Å². The van der Waals surface area contributed by atoms with Crippen molar-refractivity contribution in [2.24, 2.45) is 23.7 Å². The maximum atomic E-state index is 6.32. The quantitative estimate of drug-likeness (QED) is 0.174. The third-order valence-corrected chi connectivity index (χ3v) is 14.9. The normalized spacial score (nSPS) is 22.6. The molecule has 2 nitrogen and oxygen atoms in total. The largest absolute Gasteiger partial charge is 0.456 e. The fourth-order valence-electron chi connectivity index (χ4n) is 12.9. The Kier molecular flexibility index (Phi) is 6.94. The fraction of sp³-hybridized carbons (Fsp3) is 0.179. The molecule has 0 aliphatic heterocycles. The van der Waals surface area contributed by atoms with Crippen LogP contribution < -0.4 is 4.90 Å². The molecule has 5 aliphatic rings. The van der Waals surface area contributed by atoms with Crippen molar-refractivity contribution in [3.05, 3.63) is 187 Å². The molecule has 0 unspecified atom stereocenters. The Balaban J connectivity index is 0.964. The molecule has 8 aromatic carbocycles. The van der Waals surface area contributed by atoms with Crippen molar-refractivity contribution in [3.8, 4) is 33.4 Å². The molecular formula is C56H43NO. The van der Waals surface area contributed by atoms with Crippen molar-refractivity contribution < 1.29 is 4.42 Å². The topological polar surface area (TPSA) is 16.4 Å². The van der Waals surface area contributed by atoms with E-state index in [0.29, 0.717) is 0 Å². The van der Waals surface area contributed by atoms with E-state index in [2.05, 4.69) is 175 Å². The summed E-state index contributed by atoms with van der Waals surface area (Å²) in [6.07, 6.45) is 7.06. The van der Waals surface area contributed by atoms with E-state index in [0.717, 1.165) is 51.3 Å². The van der Waals surface area contributed by atoms with Gasteiger partial charge in [0, 0.05) is 32.9 Å². The summed E-state index contributed by atoms with van der Waals surface area (Å²) in [5.41, 5.74) is 16.4. The lowest BCUT2D eigenvalue weighted by Gasteiger charge is -2.61. The molecule has 4 bridgehead atoms. The van der Waals surface area contributed by atoms with Gasteiger partial charge in [0.1, 0.15) is 11.2 Å². The Morgan fingerprint density at radius 3 is 1.86 bits per heavy atom. The maximum Gasteiger partial charge on any atom is 0.136 e. The monoisotopic (exact) mass is 745 g/mol. The summed E-state index contributed by atoms with van der Waals surface area (Å²) in [7, 11) is 0. The molecule has 4 fully saturated rings.